The number of rotatable bonds is 4. The van der Waals surface area contributed by atoms with E-state index in [1.54, 1.807) is 12.5 Å². The third-order valence-electron chi connectivity index (χ3n) is 3.00. The van der Waals surface area contributed by atoms with Crippen molar-refractivity contribution in [3.05, 3.63) is 48.9 Å². The molecule has 2 aromatic heterocycles. The van der Waals surface area contributed by atoms with Crippen LogP contribution in [0, 0.1) is 0 Å². The van der Waals surface area contributed by atoms with Crippen LogP contribution in [0.1, 0.15) is 13.8 Å². The van der Waals surface area contributed by atoms with E-state index in [0.717, 1.165) is 28.2 Å². The Kier molecular flexibility index (Phi) is 3.64. The Morgan fingerprint density at radius 1 is 0.952 bits per heavy atom. The van der Waals surface area contributed by atoms with Gasteiger partial charge in [-0.05, 0) is 26.0 Å². The molecule has 0 saturated carbocycles. The maximum atomic E-state index is 4.43. The van der Waals surface area contributed by atoms with Crippen LogP contribution < -0.4 is 10.6 Å². The van der Waals surface area contributed by atoms with E-state index in [1.807, 2.05) is 36.4 Å². The van der Waals surface area contributed by atoms with Crippen LogP contribution in [0.25, 0.3) is 10.9 Å². The van der Waals surface area contributed by atoms with Crippen molar-refractivity contribution >= 4 is 28.2 Å². The smallest absolute Gasteiger partial charge is 0.135 e. The SMILES string of the molecule is CC(C)Nc1cc(Nc2cccc3cccnc23)ncn1. The average Bonchev–Trinajstić information content (AvgIpc) is 2.47. The van der Waals surface area contributed by atoms with E-state index in [0.29, 0.717) is 6.04 Å². The summed E-state index contributed by atoms with van der Waals surface area (Å²) >= 11 is 0. The molecule has 0 aliphatic rings. The number of anilines is 3. The molecule has 0 unspecified atom stereocenters. The fourth-order valence-electron chi connectivity index (χ4n) is 2.14. The van der Waals surface area contributed by atoms with Gasteiger partial charge < -0.3 is 10.6 Å². The molecule has 0 aliphatic carbocycles. The molecular weight excluding hydrogens is 262 g/mol. The highest BCUT2D eigenvalue weighted by Crippen LogP contribution is 2.24. The fourth-order valence-corrected chi connectivity index (χ4v) is 2.14. The lowest BCUT2D eigenvalue weighted by atomic mass is 10.2. The molecule has 0 saturated heterocycles. The number of hydrogen-bond donors (Lipinski definition) is 2. The monoisotopic (exact) mass is 279 g/mol. The lowest BCUT2D eigenvalue weighted by molar-refractivity contribution is 0.886. The van der Waals surface area contributed by atoms with Crippen LogP contribution in [0.3, 0.4) is 0 Å². The number of nitrogens with one attached hydrogen (secondary N) is 2. The Bertz CT molecular complexity index is 749. The lowest BCUT2D eigenvalue weighted by Crippen LogP contribution is -2.11. The number of pyridine rings is 1. The summed E-state index contributed by atoms with van der Waals surface area (Å²) in [7, 11) is 0. The second kappa shape index (κ2) is 5.75. The Balaban J connectivity index is 1.92. The summed E-state index contributed by atoms with van der Waals surface area (Å²) in [6, 6.07) is 12.2. The quantitative estimate of drug-likeness (QED) is 0.764. The molecule has 1 aromatic carbocycles. The molecular formula is C16H17N5. The Morgan fingerprint density at radius 2 is 1.76 bits per heavy atom. The summed E-state index contributed by atoms with van der Waals surface area (Å²) in [6.07, 6.45) is 3.34. The minimum Gasteiger partial charge on any atom is -0.368 e. The highest BCUT2D eigenvalue weighted by molar-refractivity contribution is 5.91. The van der Waals surface area contributed by atoms with Gasteiger partial charge in [-0.2, -0.15) is 0 Å². The summed E-state index contributed by atoms with van der Waals surface area (Å²) in [5.41, 5.74) is 1.86. The first-order valence-corrected chi connectivity index (χ1v) is 6.92. The molecule has 0 fully saturated rings. The van der Waals surface area contributed by atoms with Gasteiger partial charge in [0.15, 0.2) is 0 Å². The minimum absolute atomic E-state index is 0.326. The zero-order chi connectivity index (χ0) is 14.7. The Hall–Kier alpha value is -2.69. The van der Waals surface area contributed by atoms with Gasteiger partial charge in [0.2, 0.25) is 0 Å². The largest absolute Gasteiger partial charge is 0.368 e. The van der Waals surface area contributed by atoms with Crippen molar-refractivity contribution in [2.75, 3.05) is 10.6 Å². The van der Waals surface area contributed by atoms with E-state index in [4.69, 9.17) is 0 Å². The summed E-state index contributed by atoms with van der Waals surface area (Å²) in [5.74, 6) is 1.54. The van der Waals surface area contributed by atoms with E-state index in [1.165, 1.54) is 0 Å². The first-order chi connectivity index (χ1) is 10.2. The van der Waals surface area contributed by atoms with Gasteiger partial charge in [0, 0.05) is 23.7 Å². The molecule has 0 spiro atoms. The van der Waals surface area contributed by atoms with Crippen LogP contribution in [0.5, 0.6) is 0 Å². The van der Waals surface area contributed by atoms with Gasteiger partial charge in [0.05, 0.1) is 11.2 Å². The van der Waals surface area contributed by atoms with Gasteiger partial charge >= 0.3 is 0 Å². The molecule has 0 aliphatic heterocycles. The normalized spacial score (nSPS) is 10.8. The van der Waals surface area contributed by atoms with Crippen LogP contribution in [0.2, 0.25) is 0 Å². The van der Waals surface area contributed by atoms with Crippen LogP contribution >= 0.6 is 0 Å². The fraction of sp³-hybridized carbons (Fsp3) is 0.188. The van der Waals surface area contributed by atoms with Crippen molar-refractivity contribution in [2.24, 2.45) is 0 Å². The third kappa shape index (κ3) is 3.08. The summed E-state index contributed by atoms with van der Waals surface area (Å²) < 4.78 is 0. The minimum atomic E-state index is 0.326. The second-order valence-electron chi connectivity index (χ2n) is 5.09. The highest BCUT2D eigenvalue weighted by atomic mass is 15.1. The molecule has 21 heavy (non-hydrogen) atoms. The lowest BCUT2D eigenvalue weighted by Gasteiger charge is -2.11. The predicted octanol–water partition coefficient (Wildman–Crippen LogP) is 3.59. The third-order valence-corrected chi connectivity index (χ3v) is 3.00. The van der Waals surface area contributed by atoms with Crippen molar-refractivity contribution in [3.63, 3.8) is 0 Å². The molecule has 5 nitrogen and oxygen atoms in total. The number of nitrogens with zero attached hydrogens (tertiary/aromatic N) is 3. The van der Waals surface area contributed by atoms with Crippen LogP contribution in [0.15, 0.2) is 48.9 Å². The molecule has 106 valence electrons. The molecule has 0 radical (unpaired) electrons. The van der Waals surface area contributed by atoms with Gasteiger partial charge in [0.1, 0.15) is 18.0 Å². The Morgan fingerprint density at radius 3 is 2.62 bits per heavy atom. The molecule has 3 aromatic rings. The van der Waals surface area contributed by atoms with Crippen LogP contribution in [-0.4, -0.2) is 21.0 Å². The summed E-state index contributed by atoms with van der Waals surface area (Å²) in [6.45, 7) is 4.15. The maximum absolute atomic E-state index is 4.43. The molecule has 3 rings (SSSR count). The molecule has 2 heterocycles. The van der Waals surface area contributed by atoms with E-state index in [-0.39, 0.29) is 0 Å². The van der Waals surface area contributed by atoms with Crippen LogP contribution in [-0.2, 0) is 0 Å². The number of fused-ring (bicyclic) bond motifs is 1. The number of aromatic nitrogens is 3. The van der Waals surface area contributed by atoms with Crippen molar-refractivity contribution in [2.45, 2.75) is 19.9 Å². The zero-order valence-electron chi connectivity index (χ0n) is 12.0. The Labute approximate surface area is 123 Å². The van der Waals surface area contributed by atoms with Crippen molar-refractivity contribution in [1.82, 2.24) is 15.0 Å². The number of para-hydroxylation sites is 1. The molecule has 2 N–H and O–H groups in total. The highest BCUT2D eigenvalue weighted by Gasteiger charge is 2.04. The second-order valence-corrected chi connectivity index (χ2v) is 5.09. The topological polar surface area (TPSA) is 62.7 Å². The zero-order valence-corrected chi connectivity index (χ0v) is 12.0. The molecule has 0 amide bonds. The predicted molar refractivity (Wildman–Crippen MR) is 85.8 cm³/mol. The van der Waals surface area contributed by atoms with Gasteiger partial charge in [-0.15, -0.1) is 0 Å². The van der Waals surface area contributed by atoms with Crippen molar-refractivity contribution in [1.29, 1.82) is 0 Å². The molecule has 0 bridgehead atoms. The van der Waals surface area contributed by atoms with Crippen LogP contribution in [0.4, 0.5) is 17.3 Å². The number of hydrogen-bond acceptors (Lipinski definition) is 5. The van der Waals surface area contributed by atoms with Crippen molar-refractivity contribution < 1.29 is 0 Å². The summed E-state index contributed by atoms with van der Waals surface area (Å²) in [4.78, 5) is 12.9. The average molecular weight is 279 g/mol. The van der Waals surface area contributed by atoms with E-state index >= 15 is 0 Å². The van der Waals surface area contributed by atoms with E-state index in [9.17, 15) is 0 Å². The van der Waals surface area contributed by atoms with E-state index < -0.39 is 0 Å². The van der Waals surface area contributed by atoms with Crippen molar-refractivity contribution in [3.8, 4) is 0 Å². The molecule has 5 heteroatoms. The molecule has 0 atom stereocenters. The van der Waals surface area contributed by atoms with E-state index in [2.05, 4.69) is 39.4 Å². The van der Waals surface area contributed by atoms with Gasteiger partial charge in [-0.25, -0.2) is 9.97 Å². The first-order valence-electron chi connectivity index (χ1n) is 6.92. The first kappa shape index (κ1) is 13.3. The van der Waals surface area contributed by atoms with Gasteiger partial charge in [0.25, 0.3) is 0 Å². The standard InChI is InChI=1S/C16H17N5/c1-11(2)20-14-9-15(19-10-18-14)21-13-7-3-5-12-6-4-8-17-16(12)13/h3-11H,1-2H3,(H2,18,19,20,21). The maximum Gasteiger partial charge on any atom is 0.135 e. The summed E-state index contributed by atoms with van der Waals surface area (Å²) in [5, 5.41) is 7.66. The number of benzene rings is 1. The van der Waals surface area contributed by atoms with Gasteiger partial charge in [-0.3, -0.25) is 4.98 Å². The van der Waals surface area contributed by atoms with Gasteiger partial charge in [-0.1, -0.05) is 18.2 Å².